The largest absolute Gasteiger partial charge is 0.444 e. The van der Waals surface area contributed by atoms with Gasteiger partial charge in [-0.25, -0.2) is 24.5 Å². The molecule has 10 nitrogen and oxygen atoms in total. The van der Waals surface area contributed by atoms with Gasteiger partial charge in [-0.2, -0.15) is 0 Å². The van der Waals surface area contributed by atoms with Gasteiger partial charge in [0, 0.05) is 24.3 Å². The minimum Gasteiger partial charge on any atom is -0.444 e. The van der Waals surface area contributed by atoms with Crippen LogP contribution >= 0.6 is 0 Å². The van der Waals surface area contributed by atoms with E-state index in [0.717, 1.165) is 68.1 Å². The standard InChI is InChI=1S/C35H46N6O4/c1-34(2,3)44-32(42)39-30(40-33(43)45-35(4,5)6)36-27-20-18-26(19-21-27)29-24-28(17-13-16-25-14-9-7-10-15-25)37-31(38-29)41-22-11-8-12-23-41/h7,9-10,14-15,18-21,24H,8,11-13,16-17,22-23H2,1-6H3,(H2,36,39,40,42,43). The van der Waals surface area contributed by atoms with Crippen LogP contribution in [0.2, 0.25) is 0 Å². The lowest BCUT2D eigenvalue weighted by atomic mass is 10.1. The number of aromatic nitrogens is 2. The molecule has 1 aromatic heterocycles. The Bertz CT molecular complexity index is 1420. The van der Waals surface area contributed by atoms with Crippen LogP contribution in [-0.4, -0.2) is 52.4 Å². The van der Waals surface area contributed by atoms with E-state index >= 15 is 0 Å². The molecule has 0 saturated carbocycles. The maximum Gasteiger partial charge on any atom is 0.414 e. The highest BCUT2D eigenvalue weighted by atomic mass is 16.6. The molecule has 0 radical (unpaired) electrons. The number of ether oxygens (including phenoxy) is 2. The van der Waals surface area contributed by atoms with Crippen molar-refractivity contribution in [2.75, 3.05) is 18.0 Å². The lowest BCUT2D eigenvalue weighted by Crippen LogP contribution is -2.47. The van der Waals surface area contributed by atoms with Crippen molar-refractivity contribution in [3.05, 3.63) is 71.9 Å². The number of benzene rings is 2. The number of aliphatic imine (C=N–C) groups is 1. The van der Waals surface area contributed by atoms with Crippen molar-refractivity contribution in [3.63, 3.8) is 0 Å². The minimum absolute atomic E-state index is 0.110. The van der Waals surface area contributed by atoms with E-state index in [1.165, 1.54) is 12.0 Å². The number of aryl methyl sites for hydroxylation is 2. The summed E-state index contributed by atoms with van der Waals surface area (Å²) in [5.41, 5.74) is 3.15. The van der Waals surface area contributed by atoms with E-state index in [2.05, 4.69) is 50.9 Å². The highest BCUT2D eigenvalue weighted by Gasteiger charge is 2.22. The third kappa shape index (κ3) is 11.5. The van der Waals surface area contributed by atoms with E-state index in [4.69, 9.17) is 19.4 Å². The quantitative estimate of drug-likeness (QED) is 0.211. The van der Waals surface area contributed by atoms with Crippen molar-refractivity contribution >= 4 is 29.8 Å². The number of amides is 2. The van der Waals surface area contributed by atoms with Crippen LogP contribution in [-0.2, 0) is 22.3 Å². The summed E-state index contributed by atoms with van der Waals surface area (Å²) in [6.07, 6.45) is 4.84. The normalized spacial score (nSPS) is 13.5. The zero-order valence-corrected chi connectivity index (χ0v) is 27.4. The average molecular weight is 615 g/mol. The molecule has 45 heavy (non-hydrogen) atoms. The first-order valence-electron chi connectivity index (χ1n) is 15.7. The summed E-state index contributed by atoms with van der Waals surface area (Å²) >= 11 is 0. The maximum absolute atomic E-state index is 12.5. The zero-order valence-electron chi connectivity index (χ0n) is 27.4. The second-order valence-electron chi connectivity index (χ2n) is 13.2. The van der Waals surface area contributed by atoms with E-state index in [-0.39, 0.29) is 5.96 Å². The van der Waals surface area contributed by atoms with Crippen molar-refractivity contribution in [2.24, 2.45) is 4.99 Å². The molecule has 0 bridgehead atoms. The Labute approximate surface area is 266 Å². The summed E-state index contributed by atoms with van der Waals surface area (Å²) < 4.78 is 10.7. The molecular formula is C35H46N6O4. The number of hydrogen-bond donors (Lipinski definition) is 2. The van der Waals surface area contributed by atoms with E-state index in [1.54, 1.807) is 53.7 Å². The maximum atomic E-state index is 12.5. The number of hydrogen-bond acceptors (Lipinski definition) is 8. The Hall–Kier alpha value is -4.47. The molecule has 0 spiro atoms. The predicted octanol–water partition coefficient (Wildman–Crippen LogP) is 7.35. The van der Waals surface area contributed by atoms with Crippen LogP contribution in [0.5, 0.6) is 0 Å². The highest BCUT2D eigenvalue weighted by Crippen LogP contribution is 2.26. The molecule has 3 aromatic rings. The van der Waals surface area contributed by atoms with Crippen LogP contribution in [0, 0.1) is 0 Å². The first-order chi connectivity index (χ1) is 21.3. The number of alkyl carbamates (subject to hydrolysis) is 2. The lowest BCUT2D eigenvalue weighted by molar-refractivity contribution is 0.0545. The minimum atomic E-state index is -0.750. The lowest BCUT2D eigenvalue weighted by Gasteiger charge is -2.27. The van der Waals surface area contributed by atoms with Crippen LogP contribution in [0.3, 0.4) is 0 Å². The van der Waals surface area contributed by atoms with Gasteiger partial charge in [0.1, 0.15) is 11.2 Å². The molecule has 2 amide bonds. The molecule has 1 aliphatic heterocycles. The third-order valence-electron chi connectivity index (χ3n) is 6.79. The summed E-state index contributed by atoms with van der Waals surface area (Å²) in [6.45, 7) is 12.4. The molecule has 2 heterocycles. The monoisotopic (exact) mass is 614 g/mol. The van der Waals surface area contributed by atoms with Crippen LogP contribution in [0.1, 0.15) is 78.5 Å². The Morgan fingerprint density at radius 3 is 1.98 bits per heavy atom. The molecule has 0 unspecified atom stereocenters. The molecule has 1 fully saturated rings. The number of piperidine rings is 1. The number of anilines is 1. The fourth-order valence-corrected chi connectivity index (χ4v) is 4.84. The van der Waals surface area contributed by atoms with Gasteiger partial charge >= 0.3 is 12.2 Å². The number of nitrogens with one attached hydrogen (secondary N) is 2. The molecule has 2 N–H and O–H groups in total. The molecule has 0 atom stereocenters. The molecule has 0 aliphatic carbocycles. The Morgan fingerprint density at radius 1 is 0.800 bits per heavy atom. The molecule has 1 aliphatic rings. The number of nitrogens with zero attached hydrogens (tertiary/aromatic N) is 4. The SMILES string of the molecule is CC(C)(C)OC(=O)NC(=Nc1ccc(-c2cc(CCCc3ccccc3)nc(N3CCCCC3)n2)cc1)NC(=O)OC(C)(C)C. The second-order valence-corrected chi connectivity index (χ2v) is 13.2. The van der Waals surface area contributed by atoms with Crippen LogP contribution in [0.25, 0.3) is 11.3 Å². The fraction of sp³-hybridized carbons (Fsp3) is 0.457. The highest BCUT2D eigenvalue weighted by molar-refractivity contribution is 6.02. The van der Waals surface area contributed by atoms with Crippen molar-refractivity contribution in [3.8, 4) is 11.3 Å². The summed E-state index contributed by atoms with van der Waals surface area (Å²) in [7, 11) is 0. The number of guanidine groups is 1. The van der Waals surface area contributed by atoms with Gasteiger partial charge in [-0.1, -0.05) is 42.5 Å². The van der Waals surface area contributed by atoms with Crippen LogP contribution in [0.4, 0.5) is 21.2 Å². The molecular weight excluding hydrogens is 568 g/mol. The van der Waals surface area contributed by atoms with E-state index in [1.807, 2.05) is 18.2 Å². The summed E-state index contributed by atoms with van der Waals surface area (Å²) in [5.74, 6) is 0.663. The molecule has 2 aromatic carbocycles. The van der Waals surface area contributed by atoms with Gasteiger partial charge < -0.3 is 14.4 Å². The zero-order chi connectivity index (χ0) is 32.5. The van der Waals surface area contributed by atoms with E-state index < -0.39 is 23.4 Å². The molecule has 10 heteroatoms. The fourth-order valence-electron chi connectivity index (χ4n) is 4.84. The van der Waals surface area contributed by atoms with E-state index in [0.29, 0.717) is 5.69 Å². The summed E-state index contributed by atoms with van der Waals surface area (Å²) in [5, 5.41) is 5.04. The van der Waals surface area contributed by atoms with Crippen LogP contribution in [0.15, 0.2) is 65.7 Å². The molecule has 1 saturated heterocycles. The van der Waals surface area contributed by atoms with Gasteiger partial charge in [0.05, 0.1) is 11.4 Å². The Morgan fingerprint density at radius 2 is 1.40 bits per heavy atom. The van der Waals surface area contributed by atoms with Crippen molar-refractivity contribution in [1.82, 2.24) is 20.6 Å². The van der Waals surface area contributed by atoms with E-state index in [9.17, 15) is 9.59 Å². The van der Waals surface area contributed by atoms with Gasteiger partial charge in [0.15, 0.2) is 0 Å². The van der Waals surface area contributed by atoms with Gasteiger partial charge in [-0.05, 0) is 104 Å². The molecule has 240 valence electrons. The van der Waals surface area contributed by atoms with Crippen molar-refractivity contribution in [2.45, 2.75) is 91.3 Å². The van der Waals surface area contributed by atoms with Gasteiger partial charge in [0.25, 0.3) is 0 Å². The average Bonchev–Trinajstić information content (AvgIpc) is 2.96. The third-order valence-corrected chi connectivity index (χ3v) is 6.79. The predicted molar refractivity (Wildman–Crippen MR) is 178 cm³/mol. The first-order valence-corrected chi connectivity index (χ1v) is 15.7. The number of carbonyl (C=O) groups excluding carboxylic acids is 2. The van der Waals surface area contributed by atoms with Crippen molar-refractivity contribution < 1.29 is 19.1 Å². The summed E-state index contributed by atoms with van der Waals surface area (Å²) in [6, 6.07) is 20.0. The van der Waals surface area contributed by atoms with Gasteiger partial charge in [-0.15, -0.1) is 0 Å². The number of carbonyl (C=O) groups is 2. The van der Waals surface area contributed by atoms with Gasteiger partial charge in [-0.3, -0.25) is 10.6 Å². The Balaban J connectivity index is 1.56. The van der Waals surface area contributed by atoms with Crippen molar-refractivity contribution in [1.29, 1.82) is 0 Å². The van der Waals surface area contributed by atoms with Gasteiger partial charge in [0.2, 0.25) is 11.9 Å². The second kappa shape index (κ2) is 15.0. The van der Waals surface area contributed by atoms with Crippen LogP contribution < -0.4 is 15.5 Å². The first kappa shape index (κ1) is 33.4. The molecule has 4 rings (SSSR count). The number of rotatable bonds is 7. The Kier molecular flexibility index (Phi) is 11.1. The smallest absolute Gasteiger partial charge is 0.414 e. The topological polar surface area (TPSA) is 118 Å². The summed E-state index contributed by atoms with van der Waals surface area (Å²) in [4.78, 5) is 41.7.